The molecule has 1 N–H and O–H groups in total. The Hall–Kier alpha value is -3.26. The largest absolute Gasteiger partial charge is 0.496 e. The molecular formula is C20H17N3O4S. The van der Waals surface area contributed by atoms with Crippen LogP contribution in [-0.2, 0) is 4.74 Å². The number of anilines is 1. The van der Waals surface area contributed by atoms with Gasteiger partial charge in [-0.05, 0) is 60.8 Å². The summed E-state index contributed by atoms with van der Waals surface area (Å²) in [5, 5.41) is 5.80. The topological polar surface area (TPSA) is 86.5 Å². The number of ether oxygens (including phenoxy) is 2. The summed E-state index contributed by atoms with van der Waals surface area (Å²) in [6.45, 7) is 1.84. The fraction of sp³-hybridized carbons (Fsp3) is 0.150. The molecule has 7 nitrogen and oxygen atoms in total. The SMILES string of the molecule is COC(=O)c1cc2onc(NSc3ccc(OC)c4cccnc34)c2cc1C. The van der Waals surface area contributed by atoms with Gasteiger partial charge in [0.25, 0.3) is 0 Å². The van der Waals surface area contributed by atoms with Crippen molar-refractivity contribution in [3.8, 4) is 5.75 Å². The van der Waals surface area contributed by atoms with E-state index in [1.807, 2.05) is 37.3 Å². The van der Waals surface area contributed by atoms with Crippen molar-refractivity contribution >= 4 is 45.6 Å². The molecule has 28 heavy (non-hydrogen) atoms. The van der Waals surface area contributed by atoms with Crippen LogP contribution in [0.2, 0.25) is 0 Å². The Bertz CT molecular complexity index is 1190. The van der Waals surface area contributed by atoms with Crippen LogP contribution in [0.5, 0.6) is 5.75 Å². The molecule has 4 aromatic rings. The van der Waals surface area contributed by atoms with E-state index in [2.05, 4.69) is 14.9 Å². The lowest BCUT2D eigenvalue weighted by Crippen LogP contribution is -2.03. The van der Waals surface area contributed by atoms with Crippen molar-refractivity contribution in [1.29, 1.82) is 0 Å². The number of rotatable bonds is 5. The predicted octanol–water partition coefficient (Wildman–Crippen LogP) is 4.60. The summed E-state index contributed by atoms with van der Waals surface area (Å²) in [6, 6.07) is 11.2. The van der Waals surface area contributed by atoms with Crippen LogP contribution in [0.25, 0.3) is 21.9 Å². The highest BCUT2D eigenvalue weighted by molar-refractivity contribution is 8.00. The van der Waals surface area contributed by atoms with Crippen LogP contribution in [-0.4, -0.2) is 30.3 Å². The molecule has 4 rings (SSSR count). The van der Waals surface area contributed by atoms with Crippen molar-refractivity contribution in [2.45, 2.75) is 11.8 Å². The Balaban J connectivity index is 1.66. The number of aryl methyl sites for hydroxylation is 1. The summed E-state index contributed by atoms with van der Waals surface area (Å²) in [4.78, 5) is 17.2. The summed E-state index contributed by atoms with van der Waals surface area (Å²) >= 11 is 1.38. The number of hydrogen-bond acceptors (Lipinski definition) is 8. The maximum absolute atomic E-state index is 11.9. The molecule has 0 atom stereocenters. The van der Waals surface area contributed by atoms with Gasteiger partial charge in [0.15, 0.2) is 11.4 Å². The first-order chi connectivity index (χ1) is 13.6. The quantitative estimate of drug-likeness (QED) is 0.388. The summed E-state index contributed by atoms with van der Waals surface area (Å²) < 4.78 is 18.8. The van der Waals surface area contributed by atoms with Crippen LogP contribution < -0.4 is 9.46 Å². The van der Waals surface area contributed by atoms with E-state index >= 15 is 0 Å². The van der Waals surface area contributed by atoms with Crippen molar-refractivity contribution in [3.63, 3.8) is 0 Å². The van der Waals surface area contributed by atoms with Gasteiger partial charge in [-0.15, -0.1) is 0 Å². The highest BCUT2D eigenvalue weighted by Crippen LogP contribution is 2.34. The second-order valence-electron chi connectivity index (χ2n) is 6.06. The van der Waals surface area contributed by atoms with Gasteiger partial charge in [-0.2, -0.15) is 0 Å². The van der Waals surface area contributed by atoms with Crippen molar-refractivity contribution < 1.29 is 18.8 Å². The lowest BCUT2D eigenvalue weighted by atomic mass is 10.1. The Kier molecular flexibility index (Phi) is 4.79. The summed E-state index contributed by atoms with van der Waals surface area (Å²) in [5.41, 5.74) is 2.57. The molecule has 0 saturated heterocycles. The number of esters is 1. The Labute approximate surface area is 165 Å². The smallest absolute Gasteiger partial charge is 0.338 e. The minimum absolute atomic E-state index is 0.407. The second-order valence-corrected chi connectivity index (χ2v) is 6.90. The molecule has 0 aliphatic rings. The van der Waals surface area contributed by atoms with Crippen molar-refractivity contribution in [1.82, 2.24) is 10.1 Å². The van der Waals surface area contributed by atoms with E-state index in [9.17, 15) is 4.79 Å². The molecule has 8 heteroatoms. The third kappa shape index (κ3) is 3.11. The average molecular weight is 395 g/mol. The molecule has 2 heterocycles. The first-order valence-electron chi connectivity index (χ1n) is 8.45. The number of nitrogens with one attached hydrogen (secondary N) is 1. The number of benzene rings is 2. The fourth-order valence-corrected chi connectivity index (χ4v) is 3.73. The number of methoxy groups -OCH3 is 2. The summed E-state index contributed by atoms with van der Waals surface area (Å²) in [6.07, 6.45) is 1.75. The van der Waals surface area contributed by atoms with Crippen molar-refractivity contribution in [3.05, 3.63) is 53.7 Å². The maximum atomic E-state index is 11.9. The van der Waals surface area contributed by atoms with E-state index in [1.54, 1.807) is 19.4 Å². The zero-order valence-electron chi connectivity index (χ0n) is 15.5. The summed E-state index contributed by atoms with van der Waals surface area (Å²) in [7, 11) is 2.99. The molecule has 2 aromatic heterocycles. The molecule has 0 saturated carbocycles. The van der Waals surface area contributed by atoms with Crippen LogP contribution in [0.1, 0.15) is 15.9 Å². The Morgan fingerprint density at radius 1 is 1.18 bits per heavy atom. The molecule has 0 radical (unpaired) electrons. The van der Waals surface area contributed by atoms with Gasteiger partial charge in [0.05, 0.1) is 35.6 Å². The summed E-state index contributed by atoms with van der Waals surface area (Å²) in [5.74, 6) is 0.931. The molecule has 0 unspecified atom stereocenters. The minimum Gasteiger partial charge on any atom is -0.496 e. The van der Waals surface area contributed by atoms with Crippen molar-refractivity contribution in [2.75, 3.05) is 18.9 Å². The zero-order valence-corrected chi connectivity index (χ0v) is 16.3. The molecule has 0 aliphatic carbocycles. The maximum Gasteiger partial charge on any atom is 0.338 e. The van der Waals surface area contributed by atoms with Gasteiger partial charge in [0, 0.05) is 11.6 Å². The van der Waals surface area contributed by atoms with E-state index < -0.39 is 5.97 Å². The van der Waals surface area contributed by atoms with Crippen LogP contribution in [0, 0.1) is 6.92 Å². The van der Waals surface area contributed by atoms with Gasteiger partial charge in [-0.3, -0.25) is 4.98 Å². The van der Waals surface area contributed by atoms with E-state index in [-0.39, 0.29) is 0 Å². The second kappa shape index (κ2) is 7.40. The normalized spacial score (nSPS) is 11.0. The number of fused-ring (bicyclic) bond motifs is 2. The molecule has 0 bridgehead atoms. The fourth-order valence-electron chi connectivity index (χ4n) is 2.98. The molecule has 142 valence electrons. The number of pyridine rings is 1. The minimum atomic E-state index is -0.407. The van der Waals surface area contributed by atoms with Gasteiger partial charge < -0.3 is 18.7 Å². The number of carbonyl (C=O) groups is 1. The number of aromatic nitrogens is 2. The molecular weight excluding hydrogens is 378 g/mol. The first-order valence-corrected chi connectivity index (χ1v) is 9.27. The first kappa shape index (κ1) is 18.1. The van der Waals surface area contributed by atoms with E-state index in [4.69, 9.17) is 14.0 Å². The highest BCUT2D eigenvalue weighted by Gasteiger charge is 2.16. The highest BCUT2D eigenvalue weighted by atomic mass is 32.2. The van der Waals surface area contributed by atoms with Crippen LogP contribution in [0.3, 0.4) is 0 Å². The molecule has 0 amide bonds. The molecule has 0 fully saturated rings. The predicted molar refractivity (Wildman–Crippen MR) is 108 cm³/mol. The van der Waals surface area contributed by atoms with Gasteiger partial charge in [-0.1, -0.05) is 5.16 Å². The average Bonchev–Trinajstić information content (AvgIpc) is 3.12. The monoisotopic (exact) mass is 395 g/mol. The number of hydrogen-bond donors (Lipinski definition) is 1. The molecule has 0 aliphatic heterocycles. The lowest BCUT2D eigenvalue weighted by Gasteiger charge is -2.09. The van der Waals surface area contributed by atoms with E-state index in [0.717, 1.165) is 32.5 Å². The molecule has 2 aromatic carbocycles. The van der Waals surface area contributed by atoms with E-state index in [1.165, 1.54) is 19.1 Å². The van der Waals surface area contributed by atoms with E-state index in [0.29, 0.717) is 17.0 Å². The van der Waals surface area contributed by atoms with Crippen LogP contribution in [0.4, 0.5) is 5.82 Å². The van der Waals surface area contributed by atoms with Gasteiger partial charge in [0.1, 0.15) is 5.75 Å². The van der Waals surface area contributed by atoms with Gasteiger partial charge >= 0.3 is 5.97 Å². The van der Waals surface area contributed by atoms with Crippen molar-refractivity contribution in [2.24, 2.45) is 0 Å². The standard InChI is InChI=1S/C20H17N3O4S/c1-11-9-14-16(10-13(11)20(24)26-3)27-22-19(14)23-28-17-7-6-15(25-2)12-5-4-8-21-18(12)17/h4-10H,1-3H3,(H,22,23). The third-order valence-electron chi connectivity index (χ3n) is 4.39. The Morgan fingerprint density at radius 3 is 2.82 bits per heavy atom. The van der Waals surface area contributed by atoms with Crippen LogP contribution >= 0.6 is 11.9 Å². The third-order valence-corrected chi connectivity index (χ3v) is 5.24. The number of carbonyl (C=O) groups excluding carboxylic acids is 1. The van der Waals surface area contributed by atoms with Crippen LogP contribution in [0.15, 0.2) is 52.0 Å². The molecule has 0 spiro atoms. The Morgan fingerprint density at radius 2 is 2.04 bits per heavy atom. The lowest BCUT2D eigenvalue weighted by molar-refractivity contribution is 0.0600. The number of nitrogens with zero attached hydrogens (tertiary/aromatic N) is 2. The van der Waals surface area contributed by atoms with Gasteiger partial charge in [0.2, 0.25) is 0 Å². The zero-order chi connectivity index (χ0) is 19.7. The van der Waals surface area contributed by atoms with Gasteiger partial charge in [-0.25, -0.2) is 4.79 Å².